The molecule has 0 saturated carbocycles. The highest BCUT2D eigenvalue weighted by Gasteiger charge is 2.16. The Morgan fingerprint density at radius 1 is 1.26 bits per heavy atom. The third kappa shape index (κ3) is 7.06. The largest absolute Gasteiger partial charge is 0.382 e. The van der Waals surface area contributed by atoms with E-state index in [4.69, 9.17) is 9.47 Å². The fourth-order valence-corrected chi connectivity index (χ4v) is 2.07. The summed E-state index contributed by atoms with van der Waals surface area (Å²) < 4.78 is 12.0. The normalized spacial score (nSPS) is 13.5. The molecule has 0 heterocycles. The van der Waals surface area contributed by atoms with Crippen LogP contribution in [-0.4, -0.2) is 32.4 Å². The number of rotatable bonds is 7. The van der Waals surface area contributed by atoms with E-state index in [2.05, 4.69) is 54.2 Å². The van der Waals surface area contributed by atoms with Gasteiger partial charge in [0.15, 0.2) is 0 Å². The summed E-state index contributed by atoms with van der Waals surface area (Å²) in [6.07, 6.45) is 0.0341. The zero-order valence-corrected chi connectivity index (χ0v) is 13.8. The SMILES string of the molecule is COCCOC(CNC(C)(C)C)c1cccc(Br)c1. The summed E-state index contributed by atoms with van der Waals surface area (Å²) in [5.74, 6) is 0. The van der Waals surface area contributed by atoms with Gasteiger partial charge in [-0.15, -0.1) is 0 Å². The van der Waals surface area contributed by atoms with Crippen LogP contribution in [0.1, 0.15) is 32.4 Å². The molecule has 0 bridgehead atoms. The molecule has 1 aromatic rings. The van der Waals surface area contributed by atoms with Gasteiger partial charge in [-0.3, -0.25) is 0 Å². The highest BCUT2D eigenvalue weighted by Crippen LogP contribution is 2.21. The Labute approximate surface area is 124 Å². The highest BCUT2D eigenvalue weighted by molar-refractivity contribution is 9.10. The van der Waals surface area contributed by atoms with Crippen molar-refractivity contribution in [2.75, 3.05) is 26.9 Å². The number of nitrogens with one attached hydrogen (secondary N) is 1. The van der Waals surface area contributed by atoms with E-state index in [9.17, 15) is 0 Å². The van der Waals surface area contributed by atoms with E-state index in [-0.39, 0.29) is 11.6 Å². The average Bonchev–Trinajstić information content (AvgIpc) is 2.32. The molecule has 0 aliphatic rings. The van der Waals surface area contributed by atoms with Gasteiger partial charge in [0.1, 0.15) is 0 Å². The predicted molar refractivity (Wildman–Crippen MR) is 82.5 cm³/mol. The molecule has 0 aliphatic heterocycles. The van der Waals surface area contributed by atoms with Crippen molar-refractivity contribution in [1.29, 1.82) is 0 Å². The zero-order valence-electron chi connectivity index (χ0n) is 12.2. The lowest BCUT2D eigenvalue weighted by Crippen LogP contribution is -2.39. The zero-order chi connectivity index (χ0) is 14.3. The lowest BCUT2D eigenvalue weighted by Gasteiger charge is -2.26. The van der Waals surface area contributed by atoms with E-state index < -0.39 is 0 Å². The number of ether oxygens (including phenoxy) is 2. The van der Waals surface area contributed by atoms with Crippen molar-refractivity contribution in [3.63, 3.8) is 0 Å². The molecule has 1 rings (SSSR count). The summed E-state index contributed by atoms with van der Waals surface area (Å²) >= 11 is 3.50. The van der Waals surface area contributed by atoms with E-state index >= 15 is 0 Å². The van der Waals surface area contributed by atoms with Crippen LogP contribution in [0.4, 0.5) is 0 Å². The molecule has 0 aliphatic carbocycles. The van der Waals surface area contributed by atoms with Crippen LogP contribution in [0, 0.1) is 0 Å². The number of hydrogen-bond donors (Lipinski definition) is 1. The molecular formula is C15H24BrNO2. The van der Waals surface area contributed by atoms with Crippen molar-refractivity contribution in [1.82, 2.24) is 5.32 Å². The Bertz CT molecular complexity index is 377. The molecule has 0 radical (unpaired) electrons. The van der Waals surface area contributed by atoms with Gasteiger partial charge in [-0.1, -0.05) is 28.1 Å². The second-order valence-electron chi connectivity index (χ2n) is 5.54. The monoisotopic (exact) mass is 329 g/mol. The summed E-state index contributed by atoms with van der Waals surface area (Å²) in [7, 11) is 1.69. The first-order chi connectivity index (χ1) is 8.92. The lowest BCUT2D eigenvalue weighted by molar-refractivity contribution is 0.0139. The molecule has 4 heteroatoms. The maximum Gasteiger partial charge on any atom is 0.0950 e. The van der Waals surface area contributed by atoms with Crippen LogP contribution in [0.2, 0.25) is 0 Å². The maximum absolute atomic E-state index is 5.91. The Morgan fingerprint density at radius 2 is 2.00 bits per heavy atom. The maximum atomic E-state index is 5.91. The summed E-state index contributed by atoms with van der Waals surface area (Å²) in [6, 6.07) is 8.24. The van der Waals surface area contributed by atoms with Crippen molar-refractivity contribution in [3.8, 4) is 0 Å². The smallest absolute Gasteiger partial charge is 0.0950 e. The van der Waals surface area contributed by atoms with Crippen molar-refractivity contribution in [3.05, 3.63) is 34.3 Å². The molecule has 0 amide bonds. The first-order valence-corrected chi connectivity index (χ1v) is 7.33. The second-order valence-corrected chi connectivity index (χ2v) is 6.45. The van der Waals surface area contributed by atoms with E-state index in [1.54, 1.807) is 7.11 Å². The van der Waals surface area contributed by atoms with Gasteiger partial charge >= 0.3 is 0 Å². The van der Waals surface area contributed by atoms with Crippen LogP contribution >= 0.6 is 15.9 Å². The molecule has 1 aromatic carbocycles. The summed E-state index contributed by atoms with van der Waals surface area (Å²) in [6.45, 7) is 8.45. The first-order valence-electron chi connectivity index (χ1n) is 6.53. The minimum atomic E-state index is 0.0341. The molecule has 1 unspecified atom stereocenters. The third-order valence-electron chi connectivity index (χ3n) is 2.64. The number of hydrogen-bond acceptors (Lipinski definition) is 3. The van der Waals surface area contributed by atoms with Gasteiger partial charge in [-0.05, 0) is 38.5 Å². The topological polar surface area (TPSA) is 30.5 Å². The molecule has 1 N–H and O–H groups in total. The Morgan fingerprint density at radius 3 is 2.58 bits per heavy atom. The third-order valence-corrected chi connectivity index (χ3v) is 3.14. The molecule has 19 heavy (non-hydrogen) atoms. The molecule has 0 spiro atoms. The van der Waals surface area contributed by atoms with Gasteiger partial charge < -0.3 is 14.8 Å². The fraction of sp³-hybridized carbons (Fsp3) is 0.600. The summed E-state index contributed by atoms with van der Waals surface area (Å²) in [4.78, 5) is 0. The van der Waals surface area contributed by atoms with Gasteiger partial charge in [0.05, 0.1) is 19.3 Å². The van der Waals surface area contributed by atoms with Crippen LogP contribution in [0.3, 0.4) is 0 Å². The first kappa shape index (κ1) is 16.6. The summed E-state index contributed by atoms with van der Waals surface area (Å²) in [5.41, 5.74) is 1.25. The molecular weight excluding hydrogens is 306 g/mol. The van der Waals surface area contributed by atoms with Gasteiger partial charge in [-0.2, -0.15) is 0 Å². The molecule has 0 saturated heterocycles. The fourth-order valence-electron chi connectivity index (χ4n) is 1.65. The van der Waals surface area contributed by atoms with Crippen LogP contribution in [0.5, 0.6) is 0 Å². The molecule has 0 fully saturated rings. The van der Waals surface area contributed by atoms with E-state index in [1.165, 1.54) is 5.56 Å². The van der Waals surface area contributed by atoms with Crippen molar-refractivity contribution in [2.24, 2.45) is 0 Å². The average molecular weight is 330 g/mol. The minimum Gasteiger partial charge on any atom is -0.382 e. The quantitative estimate of drug-likeness (QED) is 0.776. The molecule has 108 valence electrons. The molecule has 1 atom stereocenters. The second kappa shape index (κ2) is 8.00. The minimum absolute atomic E-state index is 0.0341. The van der Waals surface area contributed by atoms with Crippen molar-refractivity contribution in [2.45, 2.75) is 32.4 Å². The van der Waals surface area contributed by atoms with Crippen molar-refractivity contribution < 1.29 is 9.47 Å². The number of benzene rings is 1. The van der Waals surface area contributed by atoms with Gasteiger partial charge in [0.2, 0.25) is 0 Å². The lowest BCUT2D eigenvalue weighted by atomic mass is 10.1. The summed E-state index contributed by atoms with van der Waals surface area (Å²) in [5, 5.41) is 3.49. The molecule has 0 aromatic heterocycles. The highest BCUT2D eigenvalue weighted by atomic mass is 79.9. The Hall–Kier alpha value is -0.420. The van der Waals surface area contributed by atoms with Crippen LogP contribution < -0.4 is 5.32 Å². The van der Waals surface area contributed by atoms with E-state index in [1.807, 2.05) is 12.1 Å². The number of halogens is 1. The van der Waals surface area contributed by atoms with Gasteiger partial charge in [0, 0.05) is 23.7 Å². The van der Waals surface area contributed by atoms with Gasteiger partial charge in [-0.25, -0.2) is 0 Å². The predicted octanol–water partition coefficient (Wildman–Crippen LogP) is 3.54. The molecule has 3 nitrogen and oxygen atoms in total. The standard InChI is InChI=1S/C15H24BrNO2/c1-15(2,3)17-11-14(19-9-8-18-4)12-6-5-7-13(16)10-12/h5-7,10,14,17H,8-9,11H2,1-4H3. The van der Waals surface area contributed by atoms with E-state index in [0.29, 0.717) is 13.2 Å². The van der Waals surface area contributed by atoms with E-state index in [0.717, 1.165) is 11.0 Å². The van der Waals surface area contributed by atoms with Crippen LogP contribution in [0.15, 0.2) is 28.7 Å². The van der Waals surface area contributed by atoms with Crippen LogP contribution in [0.25, 0.3) is 0 Å². The van der Waals surface area contributed by atoms with Crippen molar-refractivity contribution >= 4 is 15.9 Å². The Kier molecular flexibility index (Phi) is 7.00. The van der Waals surface area contributed by atoms with Gasteiger partial charge in [0.25, 0.3) is 0 Å². The number of methoxy groups -OCH3 is 1. The van der Waals surface area contributed by atoms with Crippen LogP contribution in [-0.2, 0) is 9.47 Å². The Balaban J connectivity index is 2.68.